The van der Waals surface area contributed by atoms with Crippen LogP contribution >= 0.6 is 0 Å². The lowest BCUT2D eigenvalue weighted by atomic mass is 10.2. The predicted octanol–water partition coefficient (Wildman–Crippen LogP) is 1.41. The summed E-state index contributed by atoms with van der Waals surface area (Å²) in [6.45, 7) is 3.65. The maximum absolute atomic E-state index is 12.5. The van der Waals surface area contributed by atoms with Crippen molar-refractivity contribution < 1.29 is 18.3 Å². The molecule has 0 aliphatic heterocycles. The normalized spacial score (nSPS) is 13.6. The molecule has 0 aliphatic carbocycles. The Kier molecular flexibility index (Phi) is 6.32. The van der Waals surface area contributed by atoms with E-state index in [1.807, 2.05) is 30.3 Å². The first-order valence-corrected chi connectivity index (χ1v) is 8.16. The van der Waals surface area contributed by atoms with Gasteiger partial charge in [0.1, 0.15) is 0 Å². The van der Waals surface area contributed by atoms with Crippen molar-refractivity contribution in [3.63, 3.8) is 0 Å². The topological polar surface area (TPSA) is 77.9 Å². The fraction of sp³-hybridized carbons (Fsp3) is 0.500. The van der Waals surface area contributed by atoms with Crippen molar-refractivity contribution in [1.29, 1.82) is 0 Å². The van der Waals surface area contributed by atoms with Crippen molar-refractivity contribution in [2.75, 3.05) is 20.1 Å². The molecule has 118 valence electrons. The van der Waals surface area contributed by atoms with Gasteiger partial charge in [-0.1, -0.05) is 44.2 Å². The molecule has 1 atom stereocenters. The first-order valence-electron chi connectivity index (χ1n) is 6.77. The summed E-state index contributed by atoms with van der Waals surface area (Å²) in [5, 5.41) is 8.93. The van der Waals surface area contributed by atoms with Crippen molar-refractivity contribution >= 4 is 16.2 Å². The van der Waals surface area contributed by atoms with Crippen LogP contribution in [0.2, 0.25) is 0 Å². The standard InChI is InChI=1S/C14H22N2O4S/c1-4-16(10-12(2)14(17)18)21(19,20)15(3)11-13-8-6-5-7-9-13/h5-9,12H,4,10-11H2,1-3H3,(H,17,18). The maximum Gasteiger partial charge on any atom is 0.307 e. The molecule has 1 aromatic carbocycles. The third-order valence-electron chi connectivity index (χ3n) is 3.22. The Bertz CT molecular complexity index is 560. The van der Waals surface area contributed by atoms with Crippen molar-refractivity contribution in [2.45, 2.75) is 20.4 Å². The number of carboxylic acids is 1. The van der Waals surface area contributed by atoms with E-state index in [0.29, 0.717) is 0 Å². The first kappa shape index (κ1) is 17.6. The van der Waals surface area contributed by atoms with Gasteiger partial charge in [-0.25, -0.2) is 0 Å². The fourth-order valence-corrected chi connectivity index (χ4v) is 3.33. The molecule has 1 aromatic rings. The second-order valence-corrected chi connectivity index (χ2v) is 6.97. The van der Waals surface area contributed by atoms with Crippen LogP contribution in [0, 0.1) is 5.92 Å². The van der Waals surface area contributed by atoms with Gasteiger partial charge in [-0.15, -0.1) is 0 Å². The summed E-state index contributed by atoms with van der Waals surface area (Å²) in [6, 6.07) is 9.26. The number of hydrogen-bond acceptors (Lipinski definition) is 3. The molecule has 0 amide bonds. The Hall–Kier alpha value is -1.44. The number of rotatable bonds is 8. The highest BCUT2D eigenvalue weighted by Crippen LogP contribution is 2.13. The molecule has 21 heavy (non-hydrogen) atoms. The molecule has 0 heterocycles. The van der Waals surface area contributed by atoms with Crippen molar-refractivity contribution in [3.05, 3.63) is 35.9 Å². The largest absolute Gasteiger partial charge is 0.481 e. The monoisotopic (exact) mass is 314 g/mol. The lowest BCUT2D eigenvalue weighted by Crippen LogP contribution is -2.44. The minimum atomic E-state index is -3.67. The van der Waals surface area contributed by atoms with Gasteiger partial charge < -0.3 is 5.11 Å². The Labute approximate surface area is 126 Å². The SMILES string of the molecule is CCN(CC(C)C(=O)O)S(=O)(=O)N(C)Cc1ccccc1. The average molecular weight is 314 g/mol. The van der Waals surface area contributed by atoms with Crippen LogP contribution in [0.4, 0.5) is 0 Å². The highest BCUT2D eigenvalue weighted by molar-refractivity contribution is 7.86. The van der Waals surface area contributed by atoms with Gasteiger partial charge in [-0.3, -0.25) is 4.79 Å². The molecule has 0 bridgehead atoms. The van der Waals surface area contributed by atoms with Gasteiger partial charge in [0.25, 0.3) is 10.2 Å². The van der Waals surface area contributed by atoms with Gasteiger partial charge in [0.05, 0.1) is 5.92 Å². The van der Waals surface area contributed by atoms with Gasteiger partial charge in [-0.2, -0.15) is 17.0 Å². The quantitative estimate of drug-likeness (QED) is 0.787. The number of aliphatic carboxylic acids is 1. The van der Waals surface area contributed by atoms with Crippen LogP contribution in [0.25, 0.3) is 0 Å². The minimum absolute atomic E-state index is 0.0344. The van der Waals surface area contributed by atoms with Crippen LogP contribution in [-0.4, -0.2) is 48.2 Å². The van der Waals surface area contributed by atoms with Gasteiger partial charge in [-0.05, 0) is 5.56 Å². The zero-order chi connectivity index (χ0) is 16.0. The van der Waals surface area contributed by atoms with E-state index in [0.717, 1.165) is 5.56 Å². The summed E-state index contributed by atoms with van der Waals surface area (Å²) >= 11 is 0. The molecule has 6 nitrogen and oxygen atoms in total. The summed E-state index contributed by atoms with van der Waals surface area (Å²) in [6.07, 6.45) is 0. The molecule has 0 saturated heterocycles. The van der Waals surface area contributed by atoms with E-state index < -0.39 is 22.1 Å². The predicted molar refractivity (Wildman–Crippen MR) is 80.9 cm³/mol. The van der Waals surface area contributed by atoms with E-state index in [4.69, 9.17) is 5.11 Å². The van der Waals surface area contributed by atoms with Crippen molar-refractivity contribution in [2.24, 2.45) is 5.92 Å². The highest BCUT2D eigenvalue weighted by Gasteiger charge is 2.28. The molecule has 0 aliphatic rings. The number of nitrogens with zero attached hydrogens (tertiary/aromatic N) is 2. The van der Waals surface area contributed by atoms with Gasteiger partial charge in [0.2, 0.25) is 0 Å². The Morgan fingerprint density at radius 3 is 2.33 bits per heavy atom. The Morgan fingerprint density at radius 2 is 1.86 bits per heavy atom. The van der Waals surface area contributed by atoms with Crippen LogP contribution in [-0.2, 0) is 21.5 Å². The summed E-state index contributed by atoms with van der Waals surface area (Å²) in [5.74, 6) is -1.75. The molecular weight excluding hydrogens is 292 g/mol. The maximum atomic E-state index is 12.5. The zero-order valence-corrected chi connectivity index (χ0v) is 13.4. The molecular formula is C14H22N2O4S. The summed E-state index contributed by atoms with van der Waals surface area (Å²) < 4.78 is 27.4. The lowest BCUT2D eigenvalue weighted by molar-refractivity contribution is -0.141. The Morgan fingerprint density at radius 1 is 1.29 bits per heavy atom. The van der Waals surface area contributed by atoms with Crippen LogP contribution in [0.5, 0.6) is 0 Å². The fourth-order valence-electron chi connectivity index (χ4n) is 1.89. The third-order valence-corrected chi connectivity index (χ3v) is 5.20. The molecule has 0 spiro atoms. The average Bonchev–Trinajstić information content (AvgIpc) is 2.44. The third kappa shape index (κ3) is 4.80. The number of hydrogen-bond donors (Lipinski definition) is 1. The second-order valence-electron chi connectivity index (χ2n) is 4.94. The number of carbonyl (C=O) groups is 1. The van der Waals surface area contributed by atoms with E-state index in [1.165, 1.54) is 22.6 Å². The molecule has 0 fully saturated rings. The lowest BCUT2D eigenvalue weighted by Gasteiger charge is -2.27. The highest BCUT2D eigenvalue weighted by atomic mass is 32.2. The summed E-state index contributed by atoms with van der Waals surface area (Å²) in [5.41, 5.74) is 0.880. The molecule has 0 saturated carbocycles. The van der Waals surface area contributed by atoms with Gasteiger partial charge in [0, 0.05) is 26.7 Å². The van der Waals surface area contributed by atoms with E-state index in [1.54, 1.807) is 6.92 Å². The molecule has 0 radical (unpaired) electrons. The zero-order valence-electron chi connectivity index (χ0n) is 12.6. The van der Waals surface area contributed by atoms with E-state index in [-0.39, 0.29) is 19.6 Å². The number of benzene rings is 1. The van der Waals surface area contributed by atoms with Crippen LogP contribution < -0.4 is 0 Å². The first-order chi connectivity index (χ1) is 9.78. The van der Waals surface area contributed by atoms with Crippen molar-refractivity contribution in [3.8, 4) is 0 Å². The van der Waals surface area contributed by atoms with Crippen LogP contribution in [0.3, 0.4) is 0 Å². The number of carboxylic acid groups (broad SMARTS) is 1. The summed E-state index contributed by atoms with van der Waals surface area (Å²) in [7, 11) is -2.18. The van der Waals surface area contributed by atoms with Crippen molar-refractivity contribution in [1.82, 2.24) is 8.61 Å². The van der Waals surface area contributed by atoms with Gasteiger partial charge >= 0.3 is 5.97 Å². The second kappa shape index (κ2) is 7.53. The minimum Gasteiger partial charge on any atom is -0.481 e. The molecule has 1 N–H and O–H groups in total. The van der Waals surface area contributed by atoms with Gasteiger partial charge in [0.15, 0.2) is 0 Å². The smallest absolute Gasteiger partial charge is 0.307 e. The van der Waals surface area contributed by atoms with E-state index >= 15 is 0 Å². The summed E-state index contributed by atoms with van der Waals surface area (Å²) in [4.78, 5) is 10.9. The molecule has 1 unspecified atom stereocenters. The van der Waals surface area contributed by atoms with E-state index in [9.17, 15) is 13.2 Å². The Balaban J connectivity index is 2.83. The molecule has 0 aromatic heterocycles. The molecule has 7 heteroatoms. The molecule has 1 rings (SSSR count). The van der Waals surface area contributed by atoms with E-state index in [2.05, 4.69) is 0 Å². The van der Waals surface area contributed by atoms with Crippen LogP contribution in [0.15, 0.2) is 30.3 Å². The van der Waals surface area contributed by atoms with Crippen LogP contribution in [0.1, 0.15) is 19.4 Å².